The Kier molecular flexibility index (Phi) is 7.63. The van der Waals surface area contributed by atoms with Crippen LogP contribution in [0, 0.1) is 0 Å². The van der Waals surface area contributed by atoms with Crippen LogP contribution in [0.3, 0.4) is 0 Å². The van der Waals surface area contributed by atoms with Crippen molar-refractivity contribution in [2.45, 2.75) is 10.6 Å². The molecule has 0 heterocycles. The summed E-state index contributed by atoms with van der Waals surface area (Å²) in [5, 5.41) is 3.06. The largest absolute Gasteiger partial charge is 0.497 e. The lowest BCUT2D eigenvalue weighted by Crippen LogP contribution is -1.89. The number of benzene rings is 3. The first-order chi connectivity index (χ1) is 13.3. The van der Waals surface area contributed by atoms with Gasteiger partial charge in [-0.25, -0.2) is 4.99 Å². The van der Waals surface area contributed by atoms with Gasteiger partial charge in [0.15, 0.2) is 0 Å². The van der Waals surface area contributed by atoms with E-state index in [0.717, 1.165) is 27.1 Å². The van der Waals surface area contributed by atoms with E-state index in [-0.39, 0.29) is 0 Å². The molecule has 27 heavy (non-hydrogen) atoms. The lowest BCUT2D eigenvalue weighted by Gasteiger charge is -2.04. The second-order valence-corrected chi connectivity index (χ2v) is 7.63. The Morgan fingerprint density at radius 1 is 0.926 bits per heavy atom. The van der Waals surface area contributed by atoms with Crippen LogP contribution in [0.1, 0.15) is 5.56 Å². The molecule has 3 aromatic carbocycles. The third kappa shape index (κ3) is 6.66. The van der Waals surface area contributed by atoms with Crippen LogP contribution in [0.15, 0.2) is 106 Å². The molecule has 0 saturated carbocycles. The van der Waals surface area contributed by atoms with E-state index in [1.54, 1.807) is 30.6 Å². The molecule has 0 spiro atoms. The molecule has 0 saturated heterocycles. The molecule has 4 heteroatoms. The summed E-state index contributed by atoms with van der Waals surface area (Å²) < 4.78 is 5.28. The van der Waals surface area contributed by atoms with E-state index in [2.05, 4.69) is 41.8 Å². The first-order valence-corrected chi connectivity index (χ1v) is 10.5. The van der Waals surface area contributed by atoms with Gasteiger partial charge in [-0.05, 0) is 47.4 Å². The molecule has 136 valence electrons. The van der Waals surface area contributed by atoms with Gasteiger partial charge >= 0.3 is 0 Å². The minimum Gasteiger partial charge on any atom is -0.497 e. The van der Waals surface area contributed by atoms with Crippen LogP contribution in [-0.4, -0.2) is 12.2 Å². The average molecular weight is 392 g/mol. The maximum atomic E-state index is 5.28. The molecule has 0 amide bonds. The highest BCUT2D eigenvalue weighted by atomic mass is 32.2. The average Bonchev–Trinajstić information content (AvgIpc) is 2.73. The number of aliphatic imine (C=N–C) groups is 1. The van der Waals surface area contributed by atoms with Gasteiger partial charge in [-0.3, -0.25) is 0 Å². The highest BCUT2D eigenvalue weighted by Crippen LogP contribution is 2.25. The highest BCUT2D eigenvalue weighted by Gasteiger charge is 2.00. The van der Waals surface area contributed by atoms with Gasteiger partial charge in [-0.2, -0.15) is 0 Å². The zero-order valence-electron chi connectivity index (χ0n) is 15.1. The number of para-hydroxylation sites is 1. The van der Waals surface area contributed by atoms with Gasteiger partial charge in [-0.15, -0.1) is 11.8 Å². The topological polar surface area (TPSA) is 21.6 Å². The minimum atomic E-state index is 0.866. The van der Waals surface area contributed by atoms with Crippen molar-refractivity contribution in [3.8, 4) is 5.75 Å². The van der Waals surface area contributed by atoms with Crippen LogP contribution in [0.2, 0.25) is 0 Å². The maximum Gasteiger partial charge on any atom is 0.119 e. The van der Waals surface area contributed by atoms with Gasteiger partial charge in [0, 0.05) is 10.6 Å². The minimum absolute atomic E-state index is 0.866. The van der Waals surface area contributed by atoms with Crippen LogP contribution in [0.4, 0.5) is 5.69 Å². The lowest BCUT2D eigenvalue weighted by atomic mass is 10.2. The molecular formula is C23H21NOS2. The molecule has 0 radical (unpaired) electrons. The number of nitrogens with zero attached hydrogens (tertiary/aromatic N) is 1. The zero-order valence-corrected chi connectivity index (χ0v) is 16.7. The molecule has 2 nitrogen and oxygen atoms in total. The van der Waals surface area contributed by atoms with Gasteiger partial charge < -0.3 is 4.74 Å². The van der Waals surface area contributed by atoms with Crippen molar-refractivity contribution in [2.24, 2.45) is 4.99 Å². The predicted octanol–water partition coefficient (Wildman–Crippen LogP) is 6.96. The van der Waals surface area contributed by atoms with E-state index < -0.39 is 0 Å². The maximum absolute atomic E-state index is 5.28. The molecule has 0 aliphatic rings. The Morgan fingerprint density at radius 2 is 1.67 bits per heavy atom. The van der Waals surface area contributed by atoms with Gasteiger partial charge in [0.2, 0.25) is 0 Å². The van der Waals surface area contributed by atoms with Crippen molar-refractivity contribution in [3.05, 3.63) is 102 Å². The van der Waals surface area contributed by atoms with Crippen molar-refractivity contribution >= 4 is 34.3 Å². The second kappa shape index (κ2) is 10.7. The third-order valence-corrected chi connectivity index (χ3v) is 5.48. The fourth-order valence-corrected chi connectivity index (χ4v) is 3.95. The van der Waals surface area contributed by atoms with Crippen molar-refractivity contribution < 1.29 is 4.74 Å². The summed E-state index contributed by atoms with van der Waals surface area (Å²) in [6, 6.07) is 28.6. The Bertz CT molecular complexity index is 893. The second-order valence-electron chi connectivity index (χ2n) is 5.66. The quantitative estimate of drug-likeness (QED) is 0.247. The predicted molar refractivity (Wildman–Crippen MR) is 119 cm³/mol. The van der Waals surface area contributed by atoms with Crippen LogP contribution < -0.4 is 4.74 Å². The number of hydrogen-bond acceptors (Lipinski definition) is 4. The standard InChI is InChI=1S/C23H21NOS2/c1-25-21-13-8-14-22(17-21)26-16-15-23(24-20-11-6-3-7-12-20)27-18-19-9-4-2-5-10-19/h2-17H,18H2,1H3. The molecule has 0 N–H and O–H groups in total. The van der Waals surface area contributed by atoms with Crippen LogP contribution >= 0.6 is 23.5 Å². The number of methoxy groups -OCH3 is 1. The smallest absolute Gasteiger partial charge is 0.119 e. The normalized spacial score (nSPS) is 11.7. The molecule has 0 unspecified atom stereocenters. The summed E-state index contributed by atoms with van der Waals surface area (Å²) in [6.07, 6.45) is 2.07. The van der Waals surface area contributed by atoms with E-state index in [4.69, 9.17) is 9.73 Å². The van der Waals surface area contributed by atoms with E-state index in [0.29, 0.717) is 0 Å². The van der Waals surface area contributed by atoms with E-state index in [9.17, 15) is 0 Å². The van der Waals surface area contributed by atoms with E-state index in [1.807, 2.05) is 54.6 Å². The van der Waals surface area contributed by atoms with Crippen molar-refractivity contribution in [2.75, 3.05) is 7.11 Å². The van der Waals surface area contributed by atoms with Crippen molar-refractivity contribution in [3.63, 3.8) is 0 Å². The highest BCUT2D eigenvalue weighted by molar-refractivity contribution is 8.13. The Balaban J connectivity index is 1.71. The van der Waals surface area contributed by atoms with Crippen molar-refractivity contribution in [1.29, 1.82) is 0 Å². The zero-order chi connectivity index (χ0) is 18.7. The van der Waals surface area contributed by atoms with Crippen LogP contribution in [0.5, 0.6) is 5.75 Å². The summed E-state index contributed by atoms with van der Waals surface area (Å²) in [5.74, 6) is 1.76. The molecule has 0 aliphatic heterocycles. The number of rotatable bonds is 7. The lowest BCUT2D eigenvalue weighted by molar-refractivity contribution is 0.413. The van der Waals surface area contributed by atoms with E-state index in [1.165, 1.54) is 5.56 Å². The third-order valence-electron chi connectivity index (χ3n) is 3.68. The molecule has 0 atom stereocenters. The van der Waals surface area contributed by atoms with Gasteiger partial charge in [0.05, 0.1) is 17.8 Å². The SMILES string of the molecule is COc1cccc(SC=CC(=Nc2ccccc2)SCc2ccccc2)c1. The summed E-state index contributed by atoms with van der Waals surface area (Å²) in [6.45, 7) is 0. The molecule has 3 aromatic rings. The first-order valence-electron chi connectivity index (χ1n) is 8.61. The number of thioether (sulfide) groups is 2. The Morgan fingerprint density at radius 3 is 2.41 bits per heavy atom. The van der Waals surface area contributed by atoms with Gasteiger partial charge in [-0.1, -0.05) is 66.4 Å². The van der Waals surface area contributed by atoms with Gasteiger partial charge in [0.25, 0.3) is 0 Å². The number of ether oxygens (including phenoxy) is 1. The molecule has 0 aliphatic carbocycles. The molecule has 0 aromatic heterocycles. The van der Waals surface area contributed by atoms with Crippen LogP contribution in [0.25, 0.3) is 0 Å². The Labute approximate surface area is 169 Å². The fourth-order valence-electron chi connectivity index (χ4n) is 2.32. The molecule has 3 rings (SSSR count). The van der Waals surface area contributed by atoms with E-state index >= 15 is 0 Å². The van der Waals surface area contributed by atoms with Gasteiger partial charge in [0.1, 0.15) is 5.75 Å². The van der Waals surface area contributed by atoms with Crippen molar-refractivity contribution in [1.82, 2.24) is 0 Å². The molecule has 0 bridgehead atoms. The summed E-state index contributed by atoms with van der Waals surface area (Å²) in [7, 11) is 1.68. The number of hydrogen-bond donors (Lipinski definition) is 0. The molecule has 0 fully saturated rings. The summed E-state index contributed by atoms with van der Waals surface area (Å²) in [5.41, 5.74) is 2.25. The first kappa shape index (κ1) is 19.3. The van der Waals surface area contributed by atoms with Crippen LogP contribution in [-0.2, 0) is 5.75 Å². The summed E-state index contributed by atoms with van der Waals surface area (Å²) in [4.78, 5) is 5.93. The molecular weight excluding hydrogens is 370 g/mol. The Hall–Kier alpha value is -2.43. The monoisotopic (exact) mass is 391 g/mol. The summed E-state index contributed by atoms with van der Waals surface area (Å²) >= 11 is 3.39. The fraction of sp³-hybridized carbons (Fsp3) is 0.0870.